The maximum atomic E-state index is 12.0. The van der Waals surface area contributed by atoms with E-state index in [1.807, 2.05) is 0 Å². The Morgan fingerprint density at radius 3 is 2.18 bits per heavy atom. The van der Waals surface area contributed by atoms with Gasteiger partial charge in [-0.3, -0.25) is 0 Å². The summed E-state index contributed by atoms with van der Waals surface area (Å²) in [4.78, 5) is 0. The first-order valence-electron chi connectivity index (χ1n) is 3.05. The second kappa shape index (κ2) is 4.18. The second-order valence-electron chi connectivity index (χ2n) is 2.66. The molecule has 0 aromatic carbocycles. The Hall–Kier alpha value is 0.840. The minimum atomic E-state index is -4.12. The molecule has 0 atom stereocenters. The molecule has 0 spiro atoms. The maximum absolute atomic E-state index is 12.0. The van der Waals surface area contributed by atoms with Gasteiger partial charge in [-0.25, -0.2) is 12.8 Å². The molecule has 1 aliphatic rings. The number of rotatable bonds is 2. The molecule has 0 amide bonds. The molecule has 0 aromatic heterocycles. The first kappa shape index (κ1) is 11.8. The van der Waals surface area contributed by atoms with Gasteiger partial charge in [0.05, 0.1) is 10.1 Å². The minimum Gasteiger partial charge on any atom is -0.748 e. The van der Waals surface area contributed by atoms with Crippen molar-refractivity contribution in [2.75, 3.05) is 5.75 Å². The summed E-state index contributed by atoms with van der Waals surface area (Å²) in [6.07, 6.45) is -0.408. The Balaban J connectivity index is 0.000001000. The fraction of sp³-hybridized carbons (Fsp3) is 1.00. The molecule has 0 heterocycles. The van der Waals surface area contributed by atoms with Gasteiger partial charge in [-0.2, -0.15) is 0 Å². The first-order valence-corrected chi connectivity index (χ1v) is 4.63. The molecular formula is C5H8FNaO3S. The van der Waals surface area contributed by atoms with E-state index in [2.05, 4.69) is 0 Å². The molecular weight excluding hydrogens is 182 g/mol. The van der Waals surface area contributed by atoms with Crippen LogP contribution in [0.2, 0.25) is 0 Å². The second-order valence-corrected chi connectivity index (χ2v) is 4.11. The summed E-state index contributed by atoms with van der Waals surface area (Å²) in [5.74, 6) is -0.620. The van der Waals surface area contributed by atoms with Crippen LogP contribution in [0.4, 0.5) is 4.39 Å². The van der Waals surface area contributed by atoms with Gasteiger partial charge >= 0.3 is 29.6 Å². The zero-order valence-corrected chi connectivity index (χ0v) is 9.10. The Morgan fingerprint density at radius 2 is 1.91 bits per heavy atom. The normalized spacial score (nSPS) is 30.4. The zero-order valence-electron chi connectivity index (χ0n) is 6.29. The van der Waals surface area contributed by atoms with E-state index in [-0.39, 0.29) is 48.3 Å². The number of hydrogen-bond donors (Lipinski definition) is 0. The third-order valence-electron chi connectivity index (χ3n) is 1.62. The van der Waals surface area contributed by atoms with E-state index in [1.165, 1.54) is 0 Å². The molecule has 1 rings (SSSR count). The molecule has 0 aromatic rings. The predicted octanol–water partition coefficient (Wildman–Crippen LogP) is -2.72. The SMILES string of the molecule is O=S(=O)([O-])CC1CC(F)C1.[Na+]. The smallest absolute Gasteiger partial charge is 0.748 e. The van der Waals surface area contributed by atoms with Crippen LogP contribution in [-0.4, -0.2) is 24.9 Å². The standard InChI is InChI=1S/C5H9FO3S.Na/c6-5-1-4(2-5)3-10(7,8)9;/h4-5H,1-3H2,(H,7,8,9);/q;+1/p-1. The third-order valence-corrected chi connectivity index (χ3v) is 2.50. The van der Waals surface area contributed by atoms with E-state index in [1.54, 1.807) is 0 Å². The van der Waals surface area contributed by atoms with Gasteiger partial charge < -0.3 is 4.55 Å². The van der Waals surface area contributed by atoms with Crippen molar-refractivity contribution >= 4 is 10.1 Å². The van der Waals surface area contributed by atoms with Gasteiger partial charge in [0, 0.05) is 5.75 Å². The van der Waals surface area contributed by atoms with E-state index in [4.69, 9.17) is 0 Å². The van der Waals surface area contributed by atoms with Gasteiger partial charge in [0.2, 0.25) is 0 Å². The molecule has 1 saturated carbocycles. The van der Waals surface area contributed by atoms with Crippen LogP contribution in [0.25, 0.3) is 0 Å². The molecule has 11 heavy (non-hydrogen) atoms. The van der Waals surface area contributed by atoms with Crippen LogP contribution in [0.15, 0.2) is 0 Å². The Labute approximate surface area is 87.4 Å². The van der Waals surface area contributed by atoms with Gasteiger partial charge in [0.1, 0.15) is 6.17 Å². The average molecular weight is 190 g/mol. The van der Waals surface area contributed by atoms with E-state index in [0.717, 1.165) is 0 Å². The summed E-state index contributed by atoms with van der Waals surface area (Å²) in [5.41, 5.74) is 0. The number of halogens is 1. The van der Waals surface area contributed by atoms with Crippen molar-refractivity contribution in [3.8, 4) is 0 Å². The van der Waals surface area contributed by atoms with E-state index < -0.39 is 22.0 Å². The van der Waals surface area contributed by atoms with Crippen LogP contribution in [0.5, 0.6) is 0 Å². The molecule has 0 radical (unpaired) electrons. The molecule has 0 aliphatic heterocycles. The molecule has 0 unspecified atom stereocenters. The van der Waals surface area contributed by atoms with E-state index in [9.17, 15) is 17.4 Å². The van der Waals surface area contributed by atoms with Gasteiger partial charge in [0.25, 0.3) is 0 Å². The van der Waals surface area contributed by atoms with Crippen molar-refractivity contribution < 1.29 is 46.9 Å². The molecule has 1 fully saturated rings. The van der Waals surface area contributed by atoms with Crippen molar-refractivity contribution in [3.63, 3.8) is 0 Å². The number of hydrogen-bond acceptors (Lipinski definition) is 3. The third kappa shape index (κ3) is 4.42. The molecule has 0 saturated heterocycles. The van der Waals surface area contributed by atoms with Gasteiger partial charge in [0.15, 0.2) is 0 Å². The van der Waals surface area contributed by atoms with Crippen LogP contribution in [0.1, 0.15) is 12.8 Å². The Bertz CT molecular complexity index is 210. The van der Waals surface area contributed by atoms with E-state index in [0.29, 0.717) is 0 Å². The summed E-state index contributed by atoms with van der Waals surface area (Å²) in [6, 6.07) is 0. The topological polar surface area (TPSA) is 57.2 Å². The molecule has 0 bridgehead atoms. The van der Waals surface area contributed by atoms with Crippen molar-refractivity contribution in [1.82, 2.24) is 0 Å². The Kier molecular flexibility index (Phi) is 4.50. The molecule has 60 valence electrons. The largest absolute Gasteiger partial charge is 1.00 e. The summed E-state index contributed by atoms with van der Waals surface area (Å²) in [7, 11) is -4.12. The minimum absolute atomic E-state index is 0. The van der Waals surface area contributed by atoms with Crippen molar-refractivity contribution in [2.24, 2.45) is 5.92 Å². The summed E-state index contributed by atoms with van der Waals surface area (Å²) in [6.45, 7) is 0. The van der Waals surface area contributed by atoms with Crippen LogP contribution in [0, 0.1) is 5.92 Å². The van der Waals surface area contributed by atoms with Crippen molar-refractivity contribution in [3.05, 3.63) is 0 Å². The summed E-state index contributed by atoms with van der Waals surface area (Å²) < 4.78 is 42.2. The molecule has 0 N–H and O–H groups in total. The van der Waals surface area contributed by atoms with Gasteiger partial charge in [-0.1, -0.05) is 0 Å². The number of alkyl halides is 1. The van der Waals surface area contributed by atoms with E-state index >= 15 is 0 Å². The van der Waals surface area contributed by atoms with Crippen LogP contribution in [-0.2, 0) is 10.1 Å². The molecule has 3 nitrogen and oxygen atoms in total. The van der Waals surface area contributed by atoms with Crippen molar-refractivity contribution in [1.29, 1.82) is 0 Å². The zero-order chi connectivity index (χ0) is 7.78. The monoisotopic (exact) mass is 190 g/mol. The quantitative estimate of drug-likeness (QED) is 0.351. The van der Waals surface area contributed by atoms with Gasteiger partial charge in [-0.15, -0.1) is 0 Å². The van der Waals surface area contributed by atoms with Crippen LogP contribution >= 0.6 is 0 Å². The molecule has 6 heteroatoms. The first-order chi connectivity index (χ1) is 4.47. The summed E-state index contributed by atoms with van der Waals surface area (Å²) in [5, 5.41) is 0. The fourth-order valence-electron chi connectivity index (χ4n) is 1.08. The van der Waals surface area contributed by atoms with Gasteiger partial charge in [-0.05, 0) is 18.8 Å². The van der Waals surface area contributed by atoms with Crippen molar-refractivity contribution in [2.45, 2.75) is 19.0 Å². The van der Waals surface area contributed by atoms with Crippen LogP contribution in [0.3, 0.4) is 0 Å². The Morgan fingerprint density at radius 1 is 1.45 bits per heavy atom. The predicted molar refractivity (Wildman–Crippen MR) is 32.2 cm³/mol. The summed E-state index contributed by atoms with van der Waals surface area (Å²) >= 11 is 0. The van der Waals surface area contributed by atoms with Crippen LogP contribution < -0.4 is 29.6 Å². The fourth-order valence-corrected chi connectivity index (χ4v) is 1.93. The average Bonchev–Trinajstić information content (AvgIpc) is 1.57. The molecule has 1 aliphatic carbocycles. The maximum Gasteiger partial charge on any atom is 1.00 e.